The fourth-order valence-corrected chi connectivity index (χ4v) is 5.20. The highest BCUT2D eigenvalue weighted by Gasteiger charge is 2.85. The van der Waals surface area contributed by atoms with Crippen LogP contribution in [0, 0.1) is 28.6 Å². The Morgan fingerprint density at radius 3 is 3.15 bits per heavy atom. The summed E-state index contributed by atoms with van der Waals surface area (Å²) in [5.41, 5.74) is 1.30. The number of hydrogen-bond donors (Lipinski definition) is 0. The van der Waals surface area contributed by atoms with Gasteiger partial charge in [-0.05, 0) is 36.0 Å². The van der Waals surface area contributed by atoms with E-state index in [-0.39, 0.29) is 0 Å². The predicted molar refractivity (Wildman–Crippen MR) is 50.2 cm³/mol. The maximum Gasteiger partial charge on any atom is 0.0537 e. The van der Waals surface area contributed by atoms with Crippen LogP contribution in [0.4, 0.5) is 0 Å². The van der Waals surface area contributed by atoms with E-state index in [9.17, 15) is 0 Å². The van der Waals surface area contributed by atoms with Crippen molar-refractivity contribution in [1.82, 2.24) is 0 Å². The number of ether oxygens (including phenoxy) is 1. The Kier molecular flexibility index (Phi) is 0.947. The second-order valence-corrected chi connectivity index (χ2v) is 5.35. The lowest BCUT2D eigenvalue weighted by Gasteiger charge is -2.18. The van der Waals surface area contributed by atoms with Gasteiger partial charge in [0.15, 0.2) is 0 Å². The molecule has 70 valence electrons. The van der Waals surface area contributed by atoms with E-state index in [1.54, 1.807) is 0 Å². The maximum absolute atomic E-state index is 5.70. The van der Waals surface area contributed by atoms with Crippen molar-refractivity contribution in [3.63, 3.8) is 0 Å². The predicted octanol–water partition coefficient (Wildman–Crippen LogP) is 2.24. The molecule has 0 radical (unpaired) electrons. The quantitative estimate of drug-likeness (QED) is 0.557. The van der Waals surface area contributed by atoms with E-state index in [1.807, 2.05) is 0 Å². The van der Waals surface area contributed by atoms with Crippen molar-refractivity contribution in [2.75, 3.05) is 13.2 Å². The van der Waals surface area contributed by atoms with Gasteiger partial charge in [0.25, 0.3) is 0 Å². The molecule has 1 nitrogen and oxygen atoms in total. The Morgan fingerprint density at radius 2 is 2.38 bits per heavy atom. The third-order valence-electron chi connectivity index (χ3n) is 5.60. The van der Waals surface area contributed by atoms with Crippen LogP contribution < -0.4 is 0 Å². The highest BCUT2D eigenvalue weighted by molar-refractivity contribution is 5.41. The van der Waals surface area contributed by atoms with Crippen LogP contribution >= 0.6 is 0 Å². The third kappa shape index (κ3) is 0.446. The lowest BCUT2D eigenvalue weighted by Crippen LogP contribution is -2.15. The molecule has 13 heavy (non-hydrogen) atoms. The van der Waals surface area contributed by atoms with Crippen LogP contribution in [0.5, 0.6) is 0 Å². The molecule has 4 aliphatic rings. The maximum atomic E-state index is 5.70. The molecule has 1 aliphatic heterocycles. The molecule has 2 saturated carbocycles. The molecule has 0 N–H and O–H groups in total. The number of rotatable bonds is 1. The zero-order valence-electron chi connectivity index (χ0n) is 8.12. The van der Waals surface area contributed by atoms with E-state index in [0.29, 0.717) is 10.8 Å². The van der Waals surface area contributed by atoms with Crippen LogP contribution in [-0.2, 0) is 4.74 Å². The molecule has 1 heterocycles. The molecule has 5 atom stereocenters. The molecule has 4 rings (SSSR count). The Bertz CT molecular complexity index is 308. The highest BCUT2D eigenvalue weighted by atomic mass is 16.5. The minimum atomic E-state index is 0.626. The topological polar surface area (TPSA) is 9.23 Å². The number of hydrogen-bond acceptors (Lipinski definition) is 1. The van der Waals surface area contributed by atoms with Gasteiger partial charge in [0.05, 0.1) is 13.2 Å². The molecule has 0 aromatic rings. The van der Waals surface area contributed by atoms with E-state index in [1.165, 1.54) is 12.8 Å². The summed E-state index contributed by atoms with van der Waals surface area (Å²) in [6.07, 6.45) is 7.79. The summed E-state index contributed by atoms with van der Waals surface area (Å²) in [6, 6.07) is 0. The first-order valence-electron chi connectivity index (χ1n) is 5.62. The minimum absolute atomic E-state index is 0.626. The highest BCUT2D eigenvalue weighted by Crippen LogP contribution is 2.87. The summed E-state index contributed by atoms with van der Waals surface area (Å²) in [7, 11) is 0. The van der Waals surface area contributed by atoms with Gasteiger partial charge < -0.3 is 4.74 Å². The fourth-order valence-electron chi connectivity index (χ4n) is 5.20. The zero-order chi connectivity index (χ0) is 8.68. The fraction of sp³-hybridized carbons (Fsp3) is 0.833. The summed E-state index contributed by atoms with van der Waals surface area (Å²) in [5.74, 6) is 2.71. The van der Waals surface area contributed by atoms with Crippen LogP contribution in [-0.4, -0.2) is 13.2 Å². The molecule has 1 saturated heterocycles. The van der Waals surface area contributed by atoms with Crippen LogP contribution in [0.15, 0.2) is 12.2 Å². The molecule has 5 unspecified atom stereocenters. The van der Waals surface area contributed by atoms with Gasteiger partial charge in [0, 0.05) is 5.41 Å². The second-order valence-electron chi connectivity index (χ2n) is 5.35. The first kappa shape index (κ1) is 7.05. The molecule has 0 aromatic carbocycles. The van der Waals surface area contributed by atoms with E-state index in [4.69, 9.17) is 4.74 Å². The lowest BCUT2D eigenvalue weighted by atomic mass is 9.87. The number of allylic oxidation sites excluding steroid dienone is 2. The van der Waals surface area contributed by atoms with Gasteiger partial charge >= 0.3 is 0 Å². The van der Waals surface area contributed by atoms with E-state index in [2.05, 4.69) is 19.1 Å². The van der Waals surface area contributed by atoms with Crippen molar-refractivity contribution in [3.05, 3.63) is 12.2 Å². The Balaban J connectivity index is 1.90. The summed E-state index contributed by atoms with van der Waals surface area (Å²) >= 11 is 0. The van der Waals surface area contributed by atoms with E-state index < -0.39 is 0 Å². The van der Waals surface area contributed by atoms with Crippen molar-refractivity contribution < 1.29 is 4.74 Å². The Hall–Kier alpha value is -0.300. The summed E-state index contributed by atoms with van der Waals surface area (Å²) in [4.78, 5) is 0. The summed E-state index contributed by atoms with van der Waals surface area (Å²) in [6.45, 7) is 4.50. The van der Waals surface area contributed by atoms with Crippen LogP contribution in [0.2, 0.25) is 0 Å². The molecule has 3 fully saturated rings. The van der Waals surface area contributed by atoms with Gasteiger partial charge in [-0.3, -0.25) is 0 Å². The average molecular weight is 176 g/mol. The van der Waals surface area contributed by atoms with Crippen molar-refractivity contribution in [2.45, 2.75) is 19.8 Å². The molecule has 0 aromatic heterocycles. The monoisotopic (exact) mass is 176 g/mol. The molecular formula is C12H16O. The lowest BCUT2D eigenvalue weighted by molar-refractivity contribution is 0.155. The minimum Gasteiger partial charge on any atom is -0.381 e. The molecule has 1 spiro atoms. The first-order valence-corrected chi connectivity index (χ1v) is 5.62. The third-order valence-corrected chi connectivity index (χ3v) is 5.60. The van der Waals surface area contributed by atoms with Gasteiger partial charge in [0.1, 0.15) is 0 Å². The van der Waals surface area contributed by atoms with Crippen LogP contribution in [0.25, 0.3) is 0 Å². The normalized spacial score (nSPS) is 65.5. The van der Waals surface area contributed by atoms with Crippen LogP contribution in [0.1, 0.15) is 19.8 Å². The van der Waals surface area contributed by atoms with Gasteiger partial charge in [-0.2, -0.15) is 0 Å². The van der Waals surface area contributed by atoms with Gasteiger partial charge in [-0.25, -0.2) is 0 Å². The summed E-state index contributed by atoms with van der Waals surface area (Å²) < 4.78 is 5.70. The van der Waals surface area contributed by atoms with Crippen LogP contribution in [0.3, 0.4) is 0 Å². The molecule has 0 bridgehead atoms. The van der Waals surface area contributed by atoms with Crippen molar-refractivity contribution in [3.8, 4) is 0 Å². The molecular weight excluding hydrogens is 160 g/mol. The van der Waals surface area contributed by atoms with Gasteiger partial charge in [0.2, 0.25) is 0 Å². The van der Waals surface area contributed by atoms with E-state index >= 15 is 0 Å². The van der Waals surface area contributed by atoms with Gasteiger partial charge in [-0.1, -0.05) is 19.1 Å². The van der Waals surface area contributed by atoms with Gasteiger partial charge in [-0.15, -0.1) is 0 Å². The SMILES string of the molecule is CCC12C3C=CC1C21COCC1C3. The molecule has 1 heteroatoms. The second kappa shape index (κ2) is 1.75. The van der Waals surface area contributed by atoms with Crippen molar-refractivity contribution in [1.29, 1.82) is 0 Å². The average Bonchev–Trinajstić information content (AvgIpc) is 2.48. The molecule has 3 aliphatic carbocycles. The largest absolute Gasteiger partial charge is 0.381 e. The smallest absolute Gasteiger partial charge is 0.0537 e. The Labute approximate surface area is 79.2 Å². The van der Waals surface area contributed by atoms with E-state index in [0.717, 1.165) is 31.0 Å². The standard InChI is InChI=1S/C12H16O/c1-2-11-8-3-4-10(11)12(11)7-13-6-9(12)5-8/h3-4,8-10H,2,5-7H2,1H3. The summed E-state index contributed by atoms with van der Waals surface area (Å²) in [5, 5.41) is 0. The Morgan fingerprint density at radius 1 is 1.46 bits per heavy atom. The first-order chi connectivity index (χ1) is 6.36. The van der Waals surface area contributed by atoms with Crippen molar-refractivity contribution in [2.24, 2.45) is 28.6 Å². The molecule has 0 amide bonds. The van der Waals surface area contributed by atoms with Crippen molar-refractivity contribution >= 4 is 0 Å². The zero-order valence-corrected chi connectivity index (χ0v) is 8.12.